The van der Waals surface area contributed by atoms with E-state index >= 15 is 0 Å². The van der Waals surface area contributed by atoms with Gasteiger partial charge in [-0.15, -0.1) is 11.3 Å². The number of nitrogens with zero attached hydrogens (tertiary/aromatic N) is 2. The number of nitrogens with one attached hydrogen (secondary N) is 2. The number of nitriles is 1. The largest absolute Gasteiger partial charge is 0.772 e. The highest BCUT2D eigenvalue weighted by molar-refractivity contribution is 7.78. The number of aromatic amines is 1. The van der Waals surface area contributed by atoms with Crippen LogP contribution in [0.1, 0.15) is 16.7 Å². The SMILES string of the molecule is Cc1c(Nc2c(C#N)cnc3sc(-c4cccc(CS(=O)[O-])c4)cc23)ccc2[nH]ccc12. The molecule has 6 nitrogen and oxygen atoms in total. The van der Waals surface area contributed by atoms with Gasteiger partial charge in [-0.05, 0) is 53.9 Å². The number of benzene rings is 2. The number of hydrogen-bond donors (Lipinski definition) is 2. The molecule has 0 fully saturated rings. The highest BCUT2D eigenvalue weighted by Gasteiger charge is 2.15. The Labute approximate surface area is 190 Å². The second kappa shape index (κ2) is 8.20. The van der Waals surface area contributed by atoms with Gasteiger partial charge in [-0.1, -0.05) is 29.3 Å². The van der Waals surface area contributed by atoms with Crippen LogP contribution >= 0.6 is 11.3 Å². The predicted octanol–water partition coefficient (Wildman–Crippen LogP) is 5.75. The van der Waals surface area contributed by atoms with Crippen molar-refractivity contribution in [2.75, 3.05) is 5.32 Å². The van der Waals surface area contributed by atoms with E-state index in [-0.39, 0.29) is 5.75 Å². The first-order valence-electron chi connectivity index (χ1n) is 9.85. The van der Waals surface area contributed by atoms with E-state index < -0.39 is 11.1 Å². The quantitative estimate of drug-likeness (QED) is 0.327. The molecule has 0 saturated heterocycles. The third kappa shape index (κ3) is 3.67. The molecule has 3 aromatic heterocycles. The van der Waals surface area contributed by atoms with Crippen LogP contribution in [0.5, 0.6) is 0 Å². The van der Waals surface area contributed by atoms with E-state index in [4.69, 9.17) is 0 Å². The van der Waals surface area contributed by atoms with Crippen LogP contribution in [-0.2, 0) is 16.8 Å². The Hall–Kier alpha value is -3.51. The van der Waals surface area contributed by atoms with Crippen molar-refractivity contribution in [2.24, 2.45) is 0 Å². The Balaban J connectivity index is 1.61. The monoisotopic (exact) mass is 457 g/mol. The molecule has 0 spiro atoms. The second-order valence-corrected chi connectivity index (χ2v) is 9.37. The van der Waals surface area contributed by atoms with Gasteiger partial charge < -0.3 is 14.9 Å². The number of aromatic nitrogens is 2. The van der Waals surface area contributed by atoms with Crippen LogP contribution in [0.3, 0.4) is 0 Å². The lowest BCUT2D eigenvalue weighted by atomic mass is 10.1. The highest BCUT2D eigenvalue weighted by atomic mass is 32.2. The van der Waals surface area contributed by atoms with Crippen molar-refractivity contribution in [2.45, 2.75) is 12.7 Å². The van der Waals surface area contributed by atoms with E-state index in [0.717, 1.165) is 54.1 Å². The van der Waals surface area contributed by atoms with Crippen molar-refractivity contribution in [3.63, 3.8) is 0 Å². The summed E-state index contributed by atoms with van der Waals surface area (Å²) < 4.78 is 22.2. The van der Waals surface area contributed by atoms with Crippen molar-refractivity contribution in [3.8, 4) is 16.5 Å². The molecule has 1 atom stereocenters. The van der Waals surface area contributed by atoms with E-state index in [1.54, 1.807) is 12.3 Å². The topological polar surface area (TPSA) is 105 Å². The second-order valence-electron chi connectivity index (χ2n) is 7.44. The number of aryl methyl sites for hydroxylation is 1. The molecular formula is C24H17N4O2S2-. The number of H-pyrrole nitrogens is 1. The zero-order chi connectivity index (χ0) is 22.2. The number of pyridine rings is 1. The molecule has 0 aliphatic carbocycles. The Morgan fingerprint density at radius 3 is 2.91 bits per heavy atom. The maximum absolute atomic E-state index is 11.1. The van der Waals surface area contributed by atoms with E-state index in [2.05, 4.69) is 21.4 Å². The summed E-state index contributed by atoms with van der Waals surface area (Å²) in [7, 11) is 0. The van der Waals surface area contributed by atoms with E-state index in [0.29, 0.717) is 5.56 Å². The standard InChI is InChI=1S/C24H18N4O2S2/c1-14-18-7-8-26-21(18)6-5-20(14)28-23-17(11-25)12-27-24-19(23)10-22(31-24)16-4-2-3-15(9-16)13-32(29)30/h2-10,12,26H,13H2,1H3,(H,27,28)(H,29,30)/p-1. The first-order valence-corrected chi connectivity index (χ1v) is 11.9. The molecule has 0 amide bonds. The van der Waals surface area contributed by atoms with Gasteiger partial charge in [0.1, 0.15) is 10.9 Å². The Morgan fingerprint density at radius 2 is 2.09 bits per heavy atom. The summed E-state index contributed by atoms with van der Waals surface area (Å²) >= 11 is -0.633. The lowest BCUT2D eigenvalue weighted by Gasteiger charge is -2.12. The lowest BCUT2D eigenvalue weighted by Crippen LogP contribution is -1.97. The molecule has 8 heteroatoms. The number of rotatable bonds is 5. The average Bonchev–Trinajstić information content (AvgIpc) is 3.43. The summed E-state index contributed by atoms with van der Waals surface area (Å²) in [5.74, 6) is -0.0245. The Bertz CT molecular complexity index is 1550. The molecule has 0 radical (unpaired) electrons. The molecule has 0 aliphatic heterocycles. The van der Waals surface area contributed by atoms with Crippen LogP contribution in [0.15, 0.2) is 60.9 Å². The molecule has 1 unspecified atom stereocenters. The van der Waals surface area contributed by atoms with Gasteiger partial charge in [0, 0.05) is 45.0 Å². The summed E-state index contributed by atoms with van der Waals surface area (Å²) in [5, 5.41) is 15.2. The number of thiophene rings is 1. The fourth-order valence-corrected chi connectivity index (χ4v) is 5.31. The fourth-order valence-electron chi connectivity index (χ4n) is 3.86. The van der Waals surface area contributed by atoms with Crippen LogP contribution in [0.2, 0.25) is 0 Å². The third-order valence-corrected chi connectivity index (χ3v) is 7.10. The molecule has 5 aromatic rings. The molecular weight excluding hydrogens is 440 g/mol. The average molecular weight is 458 g/mol. The summed E-state index contributed by atoms with van der Waals surface area (Å²) in [6.45, 7) is 2.05. The van der Waals surface area contributed by atoms with Crippen LogP contribution < -0.4 is 5.32 Å². The first kappa shape index (κ1) is 20.4. The van der Waals surface area contributed by atoms with Gasteiger partial charge in [0.25, 0.3) is 0 Å². The minimum absolute atomic E-state index is 0.0245. The molecule has 0 bridgehead atoms. The van der Waals surface area contributed by atoms with Gasteiger partial charge in [0.15, 0.2) is 0 Å². The maximum Gasteiger partial charge on any atom is 0.126 e. The molecule has 0 aliphatic rings. The molecule has 32 heavy (non-hydrogen) atoms. The van der Waals surface area contributed by atoms with Crippen molar-refractivity contribution in [1.82, 2.24) is 9.97 Å². The maximum atomic E-state index is 11.1. The summed E-state index contributed by atoms with van der Waals surface area (Å²) in [4.78, 5) is 9.47. The van der Waals surface area contributed by atoms with E-state index in [1.165, 1.54) is 11.3 Å². The highest BCUT2D eigenvalue weighted by Crippen LogP contribution is 2.39. The Morgan fingerprint density at radius 1 is 1.22 bits per heavy atom. The van der Waals surface area contributed by atoms with Gasteiger partial charge in [-0.25, -0.2) is 4.98 Å². The van der Waals surface area contributed by atoms with E-state index in [1.807, 2.05) is 55.6 Å². The smallest absolute Gasteiger partial charge is 0.126 e. The molecule has 3 heterocycles. The molecule has 158 valence electrons. The Kier molecular flexibility index (Phi) is 5.23. The van der Waals surface area contributed by atoms with Crippen LogP contribution in [-0.4, -0.2) is 18.7 Å². The number of anilines is 2. The fraction of sp³-hybridized carbons (Fsp3) is 0.0833. The number of fused-ring (bicyclic) bond motifs is 2. The first-order chi connectivity index (χ1) is 15.5. The van der Waals surface area contributed by atoms with Gasteiger partial charge >= 0.3 is 0 Å². The zero-order valence-corrected chi connectivity index (χ0v) is 18.6. The summed E-state index contributed by atoms with van der Waals surface area (Å²) in [6, 6.07) is 17.8. The molecule has 2 aromatic carbocycles. The molecule has 0 saturated carbocycles. The number of hydrogen-bond acceptors (Lipinski definition) is 6. The van der Waals surface area contributed by atoms with Crippen LogP contribution in [0.25, 0.3) is 31.6 Å². The van der Waals surface area contributed by atoms with Crippen molar-refractivity contribution < 1.29 is 8.76 Å². The van der Waals surface area contributed by atoms with Gasteiger partial charge in [0.05, 0.1) is 11.3 Å². The summed E-state index contributed by atoms with van der Waals surface area (Å²) in [5.41, 5.74) is 5.91. The summed E-state index contributed by atoms with van der Waals surface area (Å²) in [6.07, 6.45) is 3.50. The lowest BCUT2D eigenvalue weighted by molar-refractivity contribution is 0.536. The minimum Gasteiger partial charge on any atom is -0.772 e. The minimum atomic E-state index is -2.14. The van der Waals surface area contributed by atoms with Crippen LogP contribution in [0.4, 0.5) is 11.4 Å². The van der Waals surface area contributed by atoms with Crippen LogP contribution in [0, 0.1) is 18.3 Å². The third-order valence-electron chi connectivity index (χ3n) is 5.44. The molecule has 5 rings (SSSR count). The predicted molar refractivity (Wildman–Crippen MR) is 129 cm³/mol. The van der Waals surface area contributed by atoms with Crippen molar-refractivity contribution >= 4 is 54.9 Å². The van der Waals surface area contributed by atoms with E-state index in [9.17, 15) is 14.0 Å². The molecule has 2 N–H and O–H groups in total. The zero-order valence-electron chi connectivity index (χ0n) is 17.0. The van der Waals surface area contributed by atoms with Crippen molar-refractivity contribution in [3.05, 3.63) is 77.6 Å². The van der Waals surface area contributed by atoms with Gasteiger partial charge in [-0.2, -0.15) is 5.26 Å². The van der Waals surface area contributed by atoms with Crippen molar-refractivity contribution in [1.29, 1.82) is 5.26 Å². The normalized spacial score (nSPS) is 12.2. The van der Waals surface area contributed by atoms with Gasteiger partial charge in [-0.3, -0.25) is 4.21 Å². The van der Waals surface area contributed by atoms with Gasteiger partial charge in [0.2, 0.25) is 0 Å².